The van der Waals surface area contributed by atoms with Crippen LogP contribution in [0.1, 0.15) is 52.4 Å². The van der Waals surface area contributed by atoms with Crippen molar-refractivity contribution in [3.05, 3.63) is 59.2 Å². The molecule has 37 heavy (non-hydrogen) atoms. The lowest BCUT2D eigenvalue weighted by Gasteiger charge is -2.47. The van der Waals surface area contributed by atoms with Crippen LogP contribution in [-0.2, 0) is 4.79 Å². The van der Waals surface area contributed by atoms with Gasteiger partial charge in [0, 0.05) is 32.0 Å². The highest BCUT2D eigenvalue weighted by atomic mass is 16.6. The average Bonchev–Trinajstić information content (AvgIpc) is 3.07. The summed E-state index contributed by atoms with van der Waals surface area (Å²) in [5.74, 6) is 2.00. The third-order valence-electron chi connectivity index (χ3n) is 8.95. The van der Waals surface area contributed by atoms with Crippen LogP contribution in [0.5, 0.6) is 5.75 Å². The van der Waals surface area contributed by atoms with Crippen LogP contribution in [0.3, 0.4) is 0 Å². The van der Waals surface area contributed by atoms with Gasteiger partial charge in [0.1, 0.15) is 11.4 Å². The molecule has 0 saturated heterocycles. The first-order valence-electron chi connectivity index (χ1n) is 13.4. The van der Waals surface area contributed by atoms with Crippen LogP contribution in [0.2, 0.25) is 0 Å². The summed E-state index contributed by atoms with van der Waals surface area (Å²) in [6.07, 6.45) is 11.8. The summed E-state index contributed by atoms with van der Waals surface area (Å²) in [7, 11) is 9.50. The summed E-state index contributed by atoms with van der Waals surface area (Å²) in [4.78, 5) is 24.4. The second-order valence-corrected chi connectivity index (χ2v) is 12.5. The van der Waals surface area contributed by atoms with Gasteiger partial charge in [-0.25, -0.2) is 4.79 Å². The van der Waals surface area contributed by atoms with Crippen LogP contribution in [0.25, 0.3) is 0 Å². The first-order chi connectivity index (χ1) is 17.2. The molecule has 0 aromatic heterocycles. The van der Waals surface area contributed by atoms with Crippen molar-refractivity contribution in [2.45, 2.75) is 58.0 Å². The molecule has 0 bridgehead atoms. The van der Waals surface area contributed by atoms with Crippen molar-refractivity contribution in [2.75, 3.05) is 35.2 Å². The van der Waals surface area contributed by atoms with Crippen LogP contribution in [0.4, 0.5) is 10.5 Å². The Morgan fingerprint density at radius 3 is 2.51 bits per heavy atom. The lowest BCUT2D eigenvalue weighted by molar-refractivity contribution is -0.114. The molecule has 1 aromatic rings. The number of amides is 1. The fourth-order valence-corrected chi connectivity index (χ4v) is 6.39. The smallest absolute Gasteiger partial charge is 0.410 e. The Kier molecular flexibility index (Phi) is 7.30. The zero-order valence-electron chi connectivity index (χ0n) is 23.5. The summed E-state index contributed by atoms with van der Waals surface area (Å²) in [6, 6.07) is 7.55. The molecule has 6 nitrogen and oxygen atoms in total. The van der Waals surface area contributed by atoms with Crippen molar-refractivity contribution in [2.24, 2.45) is 17.3 Å². The Balaban J connectivity index is 0.000000181. The molecule has 0 radical (unpaired) electrons. The van der Waals surface area contributed by atoms with Gasteiger partial charge in [-0.05, 0) is 85.8 Å². The van der Waals surface area contributed by atoms with Crippen LogP contribution < -0.4 is 9.22 Å². The van der Waals surface area contributed by atoms with E-state index in [1.807, 2.05) is 31.2 Å². The van der Waals surface area contributed by atoms with E-state index in [2.05, 4.69) is 40.2 Å². The summed E-state index contributed by atoms with van der Waals surface area (Å²) >= 11 is 0. The van der Waals surface area contributed by atoms with Crippen LogP contribution in [0, 0.1) is 17.3 Å². The number of hydrogen-bond donors (Lipinski definition) is 1. The summed E-state index contributed by atoms with van der Waals surface area (Å²) in [5.41, 5.74) is 4.62. The number of quaternary nitrogens is 1. The third kappa shape index (κ3) is 5.32. The van der Waals surface area contributed by atoms with E-state index in [-0.39, 0.29) is 11.5 Å². The van der Waals surface area contributed by atoms with Gasteiger partial charge in [0.25, 0.3) is 0 Å². The van der Waals surface area contributed by atoms with E-state index in [1.54, 1.807) is 20.2 Å². The third-order valence-corrected chi connectivity index (χ3v) is 8.95. The van der Waals surface area contributed by atoms with E-state index < -0.39 is 5.60 Å². The molecule has 0 heterocycles. The molecule has 1 fully saturated rings. The molecule has 1 N–H and O–H groups in total. The quantitative estimate of drug-likeness (QED) is 0.525. The molecule has 1 aromatic carbocycles. The van der Waals surface area contributed by atoms with Gasteiger partial charge in [0.15, 0.2) is 5.78 Å². The molecule has 4 atom stereocenters. The van der Waals surface area contributed by atoms with Crippen molar-refractivity contribution >= 4 is 17.6 Å². The number of carbonyl (C=O) groups is 2. The van der Waals surface area contributed by atoms with Crippen LogP contribution in [-0.4, -0.2) is 62.7 Å². The fourth-order valence-electron chi connectivity index (χ4n) is 6.39. The topological polar surface area (TPSA) is 66.8 Å². The highest BCUT2D eigenvalue weighted by molar-refractivity contribution is 5.93. The van der Waals surface area contributed by atoms with Gasteiger partial charge in [0.2, 0.25) is 0 Å². The molecule has 1 amide bonds. The first-order valence-corrected chi connectivity index (χ1v) is 13.4. The van der Waals surface area contributed by atoms with Gasteiger partial charge in [-0.15, -0.1) is 0 Å². The lowest BCUT2D eigenvalue weighted by Crippen LogP contribution is -2.45. The molecule has 0 aliphatic heterocycles. The molecule has 4 aliphatic rings. The maximum atomic E-state index is 11.6. The Morgan fingerprint density at radius 1 is 1.11 bits per heavy atom. The second-order valence-electron chi connectivity index (χ2n) is 12.5. The van der Waals surface area contributed by atoms with E-state index in [0.717, 1.165) is 37.8 Å². The number of nitrogens with zero attached hydrogens (tertiary/aromatic N) is 2. The molecule has 0 unspecified atom stereocenters. The maximum absolute atomic E-state index is 11.6. The summed E-state index contributed by atoms with van der Waals surface area (Å²) < 4.78 is 5.88. The fraction of sp³-hybridized carbons (Fsp3) is 0.548. The predicted octanol–water partition coefficient (Wildman–Crippen LogP) is 5.66. The Bertz CT molecular complexity index is 1170. The number of fused-ring (bicyclic) bond motifs is 4. The number of aliphatic hydroxyl groups is 1. The molecule has 200 valence electrons. The Hall–Kier alpha value is -2.70. The molecular formula is C31H43N2O4+. The van der Waals surface area contributed by atoms with Gasteiger partial charge >= 0.3 is 6.09 Å². The van der Waals surface area contributed by atoms with Crippen molar-refractivity contribution < 1.29 is 19.4 Å². The number of rotatable bonds is 2. The minimum Gasteiger partial charge on any atom is -0.410 e. The number of carbonyl (C=O) groups excluding carboxylic acids is 2. The maximum Gasteiger partial charge on any atom is 0.414 e. The minimum atomic E-state index is -0.580. The molecular weight excluding hydrogens is 464 g/mol. The Labute approximate surface area is 221 Å². The molecule has 4 aliphatic carbocycles. The predicted molar refractivity (Wildman–Crippen MR) is 148 cm³/mol. The van der Waals surface area contributed by atoms with Crippen LogP contribution in [0.15, 0.2) is 59.2 Å². The molecule has 0 spiro atoms. The van der Waals surface area contributed by atoms with Crippen molar-refractivity contribution in [1.82, 2.24) is 9.38 Å². The second kappa shape index (κ2) is 9.88. The number of ether oxygens (including phenoxy) is 1. The number of hydrogen-bond acceptors (Lipinski definition) is 4. The highest BCUT2D eigenvalue weighted by Gasteiger charge is 2.56. The number of allylic oxidation sites excluding steroid dienone is 5. The van der Waals surface area contributed by atoms with Gasteiger partial charge in [-0.3, -0.25) is 9.28 Å². The monoisotopic (exact) mass is 507 g/mol. The zero-order chi connectivity index (χ0) is 27.2. The highest BCUT2D eigenvalue weighted by Crippen LogP contribution is 2.60. The van der Waals surface area contributed by atoms with Crippen molar-refractivity contribution in [3.8, 4) is 5.75 Å². The van der Waals surface area contributed by atoms with E-state index in [0.29, 0.717) is 34.3 Å². The number of benzene rings is 1. The lowest BCUT2D eigenvalue weighted by atomic mass is 9.58. The summed E-state index contributed by atoms with van der Waals surface area (Å²) in [5, 5.41) is 10.8. The van der Waals surface area contributed by atoms with Crippen molar-refractivity contribution in [3.63, 3.8) is 0 Å². The summed E-state index contributed by atoms with van der Waals surface area (Å²) in [6.45, 7) is 4.24. The van der Waals surface area contributed by atoms with Crippen molar-refractivity contribution in [1.29, 1.82) is 0 Å². The van der Waals surface area contributed by atoms with Gasteiger partial charge < -0.3 is 14.7 Å². The molecule has 6 heteroatoms. The standard InChI is InChI=1S/C19H24O2.C12H19N2O2/c1-18-9-7-15-14-6-4-13(20)11-12(14)3-5-16(15)17(18)8-10-19(18,2)21;1-13(2)12(15)16-11-8-6-7-10(9-11)14(3,4)5/h7,9,11,16-17,21H,3-6,8,10H2,1-2H3;6-9H,1-5H3/q;+1/t16-,17+,18+,19+;/m1./s1. The van der Waals surface area contributed by atoms with E-state index in [4.69, 9.17) is 4.74 Å². The Morgan fingerprint density at radius 2 is 1.84 bits per heavy atom. The molecule has 1 saturated carbocycles. The van der Waals surface area contributed by atoms with Gasteiger partial charge in [0.05, 0.1) is 26.7 Å². The largest absolute Gasteiger partial charge is 0.414 e. The SMILES string of the molecule is CN(C)C(=O)Oc1cccc([N+](C)(C)C)c1.C[C@]1(O)CC[C@H]2[C@@H]3CCC4=CC(=O)CCC4=C3C=C[C@@]21C. The van der Waals surface area contributed by atoms with E-state index in [1.165, 1.54) is 21.6 Å². The minimum absolute atomic E-state index is 0.0899. The van der Waals surface area contributed by atoms with Gasteiger partial charge in [-0.2, -0.15) is 0 Å². The average molecular weight is 508 g/mol. The molecule has 5 rings (SSSR count). The van der Waals surface area contributed by atoms with Crippen LogP contribution >= 0.6 is 0 Å². The normalized spacial score (nSPS) is 30.4. The van der Waals surface area contributed by atoms with E-state index in [9.17, 15) is 14.7 Å². The number of ketones is 1. The first kappa shape index (κ1) is 27.3. The van der Waals surface area contributed by atoms with E-state index >= 15 is 0 Å². The zero-order valence-corrected chi connectivity index (χ0v) is 23.5. The van der Waals surface area contributed by atoms with Gasteiger partial charge in [-0.1, -0.05) is 25.1 Å².